The van der Waals surface area contributed by atoms with Crippen LogP contribution in [0.4, 0.5) is 5.82 Å². The molecule has 2 rings (SSSR count). The minimum atomic E-state index is 0.575. The molecule has 0 radical (unpaired) electrons. The van der Waals surface area contributed by atoms with Gasteiger partial charge in [0.2, 0.25) is 5.88 Å². The van der Waals surface area contributed by atoms with Crippen LogP contribution in [0.25, 0.3) is 0 Å². The van der Waals surface area contributed by atoms with Gasteiger partial charge in [0.25, 0.3) is 0 Å². The van der Waals surface area contributed by atoms with Crippen LogP contribution in [-0.2, 0) is 0 Å². The van der Waals surface area contributed by atoms with Crippen LogP contribution < -0.4 is 10.1 Å². The first-order chi connectivity index (χ1) is 10.0. The molecule has 4 nitrogen and oxygen atoms in total. The van der Waals surface area contributed by atoms with E-state index in [9.17, 15) is 0 Å². The molecule has 112 valence electrons. The highest BCUT2D eigenvalue weighted by atomic mass is 35.5. The monoisotopic (exact) mass is 305 g/mol. The molecule has 0 unspecified atom stereocenters. The number of hydrogen-bond donors (Lipinski definition) is 1. The van der Waals surface area contributed by atoms with E-state index < -0.39 is 0 Å². The van der Waals surface area contributed by atoms with Gasteiger partial charge in [-0.05, 0) is 51.0 Å². The molecule has 0 atom stereocenters. The Kier molecular flexibility index (Phi) is 5.02. The lowest BCUT2D eigenvalue weighted by Gasteiger charge is -2.14. The zero-order valence-corrected chi connectivity index (χ0v) is 13.6. The van der Waals surface area contributed by atoms with Gasteiger partial charge in [-0.2, -0.15) is 4.98 Å². The number of rotatable bonds is 5. The van der Waals surface area contributed by atoms with Crippen molar-refractivity contribution in [2.45, 2.75) is 34.1 Å². The van der Waals surface area contributed by atoms with Crippen LogP contribution in [0.3, 0.4) is 0 Å². The van der Waals surface area contributed by atoms with E-state index in [0.717, 1.165) is 35.7 Å². The van der Waals surface area contributed by atoms with E-state index in [1.165, 1.54) is 0 Å². The molecule has 0 aliphatic rings. The third-order valence-corrected chi connectivity index (χ3v) is 3.33. The molecule has 1 heterocycles. The molecule has 0 saturated heterocycles. The van der Waals surface area contributed by atoms with Crippen LogP contribution in [0.5, 0.6) is 11.6 Å². The molecule has 1 aromatic carbocycles. The summed E-state index contributed by atoms with van der Waals surface area (Å²) in [4.78, 5) is 8.82. The van der Waals surface area contributed by atoms with Crippen LogP contribution in [0.2, 0.25) is 5.02 Å². The molecular weight excluding hydrogens is 286 g/mol. The Morgan fingerprint density at radius 2 is 1.95 bits per heavy atom. The lowest BCUT2D eigenvalue weighted by molar-refractivity contribution is 0.452. The molecule has 0 amide bonds. The molecule has 1 N–H and O–H groups in total. The Bertz CT molecular complexity index is 644. The maximum atomic E-state index is 5.97. The van der Waals surface area contributed by atoms with Gasteiger partial charge in [-0.1, -0.05) is 18.5 Å². The molecule has 0 bridgehead atoms. The number of nitrogens with one attached hydrogen (secondary N) is 1. The lowest BCUT2D eigenvalue weighted by atomic mass is 10.2. The van der Waals surface area contributed by atoms with Crippen molar-refractivity contribution in [3.05, 3.63) is 40.2 Å². The van der Waals surface area contributed by atoms with Crippen molar-refractivity contribution in [1.29, 1.82) is 0 Å². The largest absolute Gasteiger partial charge is 0.438 e. The van der Waals surface area contributed by atoms with Gasteiger partial charge >= 0.3 is 0 Å². The number of hydrogen-bond acceptors (Lipinski definition) is 4. The Hall–Kier alpha value is -1.81. The van der Waals surface area contributed by atoms with Crippen LogP contribution in [-0.4, -0.2) is 16.5 Å². The third kappa shape index (κ3) is 3.85. The third-order valence-electron chi connectivity index (χ3n) is 3.10. The first-order valence-corrected chi connectivity index (χ1v) is 7.42. The average Bonchev–Trinajstić information content (AvgIpc) is 2.43. The van der Waals surface area contributed by atoms with Crippen molar-refractivity contribution in [3.8, 4) is 11.6 Å². The number of halogens is 1. The number of ether oxygens (including phenoxy) is 1. The second-order valence-corrected chi connectivity index (χ2v) is 5.42. The van der Waals surface area contributed by atoms with Gasteiger partial charge in [-0.15, -0.1) is 0 Å². The van der Waals surface area contributed by atoms with E-state index in [2.05, 4.69) is 22.2 Å². The fraction of sp³-hybridized carbons (Fsp3) is 0.375. The number of anilines is 1. The second-order valence-electron chi connectivity index (χ2n) is 4.99. The molecule has 0 saturated carbocycles. The molecule has 5 heteroatoms. The maximum Gasteiger partial charge on any atom is 0.227 e. The Labute approximate surface area is 130 Å². The van der Waals surface area contributed by atoms with Crippen molar-refractivity contribution < 1.29 is 4.74 Å². The summed E-state index contributed by atoms with van der Waals surface area (Å²) >= 11 is 5.97. The minimum Gasteiger partial charge on any atom is -0.438 e. The normalized spacial score (nSPS) is 10.5. The van der Waals surface area contributed by atoms with E-state index in [4.69, 9.17) is 16.3 Å². The minimum absolute atomic E-state index is 0.575. The summed E-state index contributed by atoms with van der Waals surface area (Å²) in [5.74, 6) is 2.83. The summed E-state index contributed by atoms with van der Waals surface area (Å²) in [6.07, 6.45) is 1.04. The van der Waals surface area contributed by atoms with Gasteiger partial charge in [0.15, 0.2) is 0 Å². The van der Waals surface area contributed by atoms with Gasteiger partial charge in [0, 0.05) is 11.6 Å². The van der Waals surface area contributed by atoms with Crippen molar-refractivity contribution in [2.75, 3.05) is 11.9 Å². The highest BCUT2D eigenvalue weighted by Gasteiger charge is 2.12. The highest BCUT2D eigenvalue weighted by Crippen LogP contribution is 2.30. The van der Waals surface area contributed by atoms with Gasteiger partial charge in [0.05, 0.1) is 5.56 Å². The predicted molar refractivity (Wildman–Crippen MR) is 86.5 cm³/mol. The standard InChI is InChI=1S/C16H20ClN3O/c1-5-8-18-15-11(3)16(20-12(4)19-15)21-14-7-6-13(17)9-10(14)2/h6-7,9H,5,8H2,1-4H3,(H,18,19,20). The SMILES string of the molecule is CCCNc1nc(C)nc(Oc2ccc(Cl)cc2C)c1C. The molecule has 21 heavy (non-hydrogen) atoms. The number of aromatic nitrogens is 2. The van der Waals surface area contributed by atoms with Crippen molar-refractivity contribution in [3.63, 3.8) is 0 Å². The Morgan fingerprint density at radius 3 is 2.62 bits per heavy atom. The molecule has 0 aliphatic heterocycles. The van der Waals surface area contributed by atoms with Crippen LogP contribution >= 0.6 is 11.6 Å². The quantitative estimate of drug-likeness (QED) is 0.872. The van der Waals surface area contributed by atoms with Crippen molar-refractivity contribution in [1.82, 2.24) is 9.97 Å². The summed E-state index contributed by atoms with van der Waals surface area (Å²) < 4.78 is 5.95. The van der Waals surface area contributed by atoms with Gasteiger partial charge < -0.3 is 10.1 Å². The first-order valence-electron chi connectivity index (χ1n) is 7.04. The zero-order valence-electron chi connectivity index (χ0n) is 12.8. The molecule has 0 spiro atoms. The number of nitrogens with zero attached hydrogens (tertiary/aromatic N) is 2. The highest BCUT2D eigenvalue weighted by molar-refractivity contribution is 6.30. The van der Waals surface area contributed by atoms with Crippen LogP contribution in [0.15, 0.2) is 18.2 Å². The van der Waals surface area contributed by atoms with Crippen LogP contribution in [0.1, 0.15) is 30.3 Å². The molecular formula is C16H20ClN3O. The van der Waals surface area contributed by atoms with E-state index in [1.54, 1.807) is 0 Å². The number of aryl methyl sites for hydroxylation is 2. The van der Waals surface area contributed by atoms with E-state index in [0.29, 0.717) is 16.7 Å². The Balaban J connectivity index is 2.32. The summed E-state index contributed by atoms with van der Waals surface area (Å²) in [6.45, 7) is 8.76. The first kappa shape index (κ1) is 15.6. The Morgan fingerprint density at radius 1 is 1.19 bits per heavy atom. The topological polar surface area (TPSA) is 47.0 Å². The van der Waals surface area contributed by atoms with Crippen molar-refractivity contribution in [2.24, 2.45) is 0 Å². The summed E-state index contributed by atoms with van der Waals surface area (Å²) in [6, 6.07) is 5.54. The van der Waals surface area contributed by atoms with Gasteiger partial charge in [-0.3, -0.25) is 0 Å². The van der Waals surface area contributed by atoms with Gasteiger partial charge in [-0.25, -0.2) is 4.98 Å². The summed E-state index contributed by atoms with van der Waals surface area (Å²) in [5, 5.41) is 4.00. The molecule has 1 aromatic heterocycles. The smallest absolute Gasteiger partial charge is 0.227 e. The van der Waals surface area contributed by atoms with E-state index >= 15 is 0 Å². The predicted octanol–water partition coefficient (Wildman–Crippen LogP) is 4.67. The zero-order chi connectivity index (χ0) is 15.4. The summed E-state index contributed by atoms with van der Waals surface area (Å²) in [5.41, 5.74) is 1.88. The van der Waals surface area contributed by atoms with Crippen molar-refractivity contribution >= 4 is 17.4 Å². The summed E-state index contributed by atoms with van der Waals surface area (Å²) in [7, 11) is 0. The number of benzene rings is 1. The lowest BCUT2D eigenvalue weighted by Crippen LogP contribution is -2.07. The van der Waals surface area contributed by atoms with E-state index in [-0.39, 0.29) is 0 Å². The molecule has 2 aromatic rings. The van der Waals surface area contributed by atoms with E-state index in [1.807, 2.05) is 39.0 Å². The molecule has 0 aliphatic carbocycles. The molecule has 0 fully saturated rings. The van der Waals surface area contributed by atoms with Gasteiger partial charge in [0.1, 0.15) is 17.4 Å². The van der Waals surface area contributed by atoms with Crippen LogP contribution in [0, 0.1) is 20.8 Å². The average molecular weight is 306 g/mol. The second kappa shape index (κ2) is 6.76. The fourth-order valence-electron chi connectivity index (χ4n) is 1.95. The maximum absolute atomic E-state index is 5.97. The fourth-order valence-corrected chi connectivity index (χ4v) is 2.18.